The maximum absolute atomic E-state index is 6.19. The van der Waals surface area contributed by atoms with Crippen LogP contribution in [0, 0.1) is 0 Å². The molecule has 1 heterocycles. The second-order valence-corrected chi connectivity index (χ2v) is 7.56. The molecule has 0 saturated carbocycles. The number of thiophene rings is 1. The lowest BCUT2D eigenvalue weighted by molar-refractivity contribution is 0.637. The lowest BCUT2D eigenvalue weighted by atomic mass is 10.0. The van der Waals surface area contributed by atoms with Gasteiger partial charge in [0.2, 0.25) is 0 Å². The Kier molecular flexibility index (Phi) is 4.63. The van der Waals surface area contributed by atoms with Crippen LogP contribution < -0.4 is 11.3 Å². The Morgan fingerprint density at radius 3 is 2.47 bits per heavy atom. The Morgan fingerprint density at radius 2 is 1.94 bits per heavy atom. The van der Waals surface area contributed by atoms with E-state index in [-0.39, 0.29) is 6.04 Å². The molecule has 2 aromatic rings. The third kappa shape index (κ3) is 2.92. The van der Waals surface area contributed by atoms with E-state index < -0.39 is 0 Å². The van der Waals surface area contributed by atoms with Gasteiger partial charge in [0.1, 0.15) is 0 Å². The van der Waals surface area contributed by atoms with Crippen LogP contribution in [0.4, 0.5) is 0 Å². The second-order valence-electron chi connectivity index (χ2n) is 3.40. The van der Waals surface area contributed by atoms with Gasteiger partial charge >= 0.3 is 0 Å². The van der Waals surface area contributed by atoms with Crippen molar-refractivity contribution in [1.82, 2.24) is 5.43 Å². The Balaban J connectivity index is 2.47. The number of halogens is 3. The molecule has 2 nitrogen and oxygen atoms in total. The largest absolute Gasteiger partial charge is 0.271 e. The van der Waals surface area contributed by atoms with Gasteiger partial charge in [-0.05, 0) is 49.6 Å². The first-order chi connectivity index (χ1) is 8.13. The molecular formula is C11H9Br2ClN2S. The summed E-state index contributed by atoms with van der Waals surface area (Å²) < 4.78 is 2.08. The standard InChI is InChI=1S/C11H9Br2ClN2S/c12-9-5-7(11(13)17-9)10(16-15)6-3-1-2-4-8(6)14/h1-5,10,16H,15H2. The predicted octanol–water partition coefficient (Wildman–Crippen LogP) is 4.48. The fourth-order valence-electron chi connectivity index (χ4n) is 1.61. The second kappa shape index (κ2) is 5.82. The highest BCUT2D eigenvalue weighted by Crippen LogP contribution is 2.38. The maximum atomic E-state index is 6.19. The van der Waals surface area contributed by atoms with Gasteiger partial charge in [0, 0.05) is 10.6 Å². The molecule has 0 aliphatic heterocycles. The van der Waals surface area contributed by atoms with Crippen molar-refractivity contribution in [3.05, 3.63) is 54.1 Å². The van der Waals surface area contributed by atoms with Crippen LogP contribution in [0.15, 0.2) is 37.9 Å². The van der Waals surface area contributed by atoms with E-state index in [1.165, 1.54) is 0 Å². The van der Waals surface area contributed by atoms with Crippen LogP contribution in [0.2, 0.25) is 5.02 Å². The number of nitrogens with two attached hydrogens (primary N) is 1. The summed E-state index contributed by atoms with van der Waals surface area (Å²) in [5.74, 6) is 5.64. The van der Waals surface area contributed by atoms with Crippen molar-refractivity contribution in [1.29, 1.82) is 0 Å². The van der Waals surface area contributed by atoms with E-state index in [0.717, 1.165) is 18.7 Å². The Labute approximate surface area is 125 Å². The van der Waals surface area contributed by atoms with Gasteiger partial charge in [-0.25, -0.2) is 5.43 Å². The highest BCUT2D eigenvalue weighted by molar-refractivity contribution is 9.12. The molecule has 1 aromatic heterocycles. The van der Waals surface area contributed by atoms with Crippen molar-refractivity contribution in [2.45, 2.75) is 6.04 Å². The average Bonchev–Trinajstić information content (AvgIpc) is 2.62. The van der Waals surface area contributed by atoms with Crippen LogP contribution in [0.5, 0.6) is 0 Å². The minimum absolute atomic E-state index is 0.124. The summed E-state index contributed by atoms with van der Waals surface area (Å²) in [5, 5.41) is 0.699. The summed E-state index contributed by atoms with van der Waals surface area (Å²) in [6.45, 7) is 0. The van der Waals surface area contributed by atoms with Crippen LogP contribution in [0.25, 0.3) is 0 Å². The lowest BCUT2D eigenvalue weighted by Crippen LogP contribution is -2.28. The summed E-state index contributed by atoms with van der Waals surface area (Å²) in [6, 6.07) is 9.57. The van der Waals surface area contributed by atoms with Crippen molar-refractivity contribution in [2.75, 3.05) is 0 Å². The fourth-order valence-corrected chi connectivity index (χ4v) is 4.75. The topological polar surface area (TPSA) is 38.0 Å². The van der Waals surface area contributed by atoms with Gasteiger partial charge in [0.25, 0.3) is 0 Å². The van der Waals surface area contributed by atoms with Gasteiger partial charge in [-0.3, -0.25) is 5.84 Å². The number of nitrogens with one attached hydrogen (secondary N) is 1. The lowest BCUT2D eigenvalue weighted by Gasteiger charge is -2.17. The van der Waals surface area contributed by atoms with E-state index in [9.17, 15) is 0 Å². The molecule has 1 aromatic carbocycles. The zero-order valence-electron chi connectivity index (χ0n) is 8.58. The first-order valence-electron chi connectivity index (χ1n) is 4.78. The third-order valence-corrected chi connectivity index (χ3v) is 5.11. The summed E-state index contributed by atoms with van der Waals surface area (Å²) in [5.41, 5.74) is 4.83. The van der Waals surface area contributed by atoms with Crippen LogP contribution in [0.1, 0.15) is 17.2 Å². The Bertz CT molecular complexity index is 530. The molecule has 0 amide bonds. The highest BCUT2D eigenvalue weighted by atomic mass is 79.9. The average molecular weight is 397 g/mol. The zero-order valence-corrected chi connectivity index (χ0v) is 13.3. The molecule has 0 bridgehead atoms. The fraction of sp³-hybridized carbons (Fsp3) is 0.0909. The molecule has 0 saturated heterocycles. The van der Waals surface area contributed by atoms with E-state index in [0.29, 0.717) is 5.02 Å². The molecule has 0 fully saturated rings. The van der Waals surface area contributed by atoms with Crippen LogP contribution in [-0.2, 0) is 0 Å². The van der Waals surface area contributed by atoms with Crippen molar-refractivity contribution in [2.24, 2.45) is 5.84 Å². The summed E-state index contributed by atoms with van der Waals surface area (Å²) in [4.78, 5) is 0. The molecule has 0 aliphatic carbocycles. The third-order valence-electron chi connectivity index (χ3n) is 2.38. The molecule has 0 spiro atoms. The molecule has 2 rings (SSSR count). The molecule has 1 unspecified atom stereocenters. The van der Waals surface area contributed by atoms with Crippen molar-refractivity contribution in [3.8, 4) is 0 Å². The SMILES string of the molecule is NNC(c1ccccc1Cl)c1cc(Br)sc1Br. The predicted molar refractivity (Wildman–Crippen MR) is 80.3 cm³/mol. The van der Waals surface area contributed by atoms with Crippen molar-refractivity contribution >= 4 is 54.8 Å². The number of hydrazine groups is 1. The molecule has 90 valence electrons. The van der Waals surface area contributed by atoms with Crippen LogP contribution >= 0.6 is 54.8 Å². The first kappa shape index (κ1) is 13.5. The number of hydrogen-bond acceptors (Lipinski definition) is 3. The van der Waals surface area contributed by atoms with Crippen molar-refractivity contribution < 1.29 is 0 Å². The van der Waals surface area contributed by atoms with E-state index in [1.54, 1.807) is 11.3 Å². The van der Waals surface area contributed by atoms with Gasteiger partial charge in [0.15, 0.2) is 0 Å². The van der Waals surface area contributed by atoms with Gasteiger partial charge in [0.05, 0.1) is 13.6 Å². The van der Waals surface area contributed by atoms with Crippen molar-refractivity contribution in [3.63, 3.8) is 0 Å². The van der Waals surface area contributed by atoms with E-state index in [1.807, 2.05) is 30.3 Å². The van der Waals surface area contributed by atoms with Gasteiger partial charge < -0.3 is 0 Å². The van der Waals surface area contributed by atoms with Crippen LogP contribution in [0.3, 0.4) is 0 Å². The van der Waals surface area contributed by atoms with E-state index in [4.69, 9.17) is 17.4 Å². The Hall–Kier alpha value is 0.0900. The number of rotatable bonds is 3. The normalized spacial score (nSPS) is 12.7. The number of benzene rings is 1. The molecular weight excluding hydrogens is 387 g/mol. The quantitative estimate of drug-likeness (QED) is 0.593. The monoisotopic (exact) mass is 394 g/mol. The van der Waals surface area contributed by atoms with Gasteiger partial charge in [-0.15, -0.1) is 11.3 Å². The first-order valence-corrected chi connectivity index (χ1v) is 7.57. The minimum Gasteiger partial charge on any atom is -0.271 e. The molecule has 17 heavy (non-hydrogen) atoms. The Morgan fingerprint density at radius 1 is 1.24 bits per heavy atom. The summed E-state index contributed by atoms with van der Waals surface area (Å²) in [6.07, 6.45) is 0. The molecule has 0 aliphatic rings. The molecule has 0 radical (unpaired) electrons. The van der Waals surface area contributed by atoms with Crippen LogP contribution in [-0.4, -0.2) is 0 Å². The zero-order chi connectivity index (χ0) is 12.4. The maximum Gasteiger partial charge on any atom is 0.0762 e. The highest BCUT2D eigenvalue weighted by Gasteiger charge is 2.19. The van der Waals surface area contributed by atoms with Gasteiger partial charge in [-0.1, -0.05) is 29.8 Å². The van der Waals surface area contributed by atoms with Gasteiger partial charge in [-0.2, -0.15) is 0 Å². The molecule has 3 N–H and O–H groups in total. The summed E-state index contributed by atoms with van der Waals surface area (Å²) in [7, 11) is 0. The smallest absolute Gasteiger partial charge is 0.0762 e. The van der Waals surface area contributed by atoms with E-state index >= 15 is 0 Å². The molecule has 1 atom stereocenters. The molecule has 6 heteroatoms. The number of hydrogen-bond donors (Lipinski definition) is 2. The minimum atomic E-state index is -0.124. The summed E-state index contributed by atoms with van der Waals surface area (Å²) >= 11 is 14.8. The van der Waals surface area contributed by atoms with E-state index in [2.05, 4.69) is 37.3 Å².